The number of benzene rings is 2. The highest BCUT2D eigenvalue weighted by Gasteiger charge is 2.18. The first-order valence-corrected chi connectivity index (χ1v) is 7.43. The lowest BCUT2D eigenvalue weighted by molar-refractivity contribution is 0.0843. The molecule has 2 aromatic carbocycles. The molecule has 0 saturated heterocycles. The number of hydrogen-bond donors (Lipinski definition) is 2. The van der Waals surface area contributed by atoms with Crippen LogP contribution in [0.1, 0.15) is 20.7 Å². The van der Waals surface area contributed by atoms with Crippen LogP contribution in [0.2, 0.25) is 0 Å². The maximum Gasteiger partial charge on any atom is 0.277 e. The van der Waals surface area contributed by atoms with Crippen molar-refractivity contribution in [1.82, 2.24) is 10.9 Å². The van der Waals surface area contributed by atoms with E-state index >= 15 is 0 Å². The lowest BCUT2D eigenvalue weighted by Gasteiger charge is -2.13. The maximum absolute atomic E-state index is 12.3. The molecule has 0 aromatic heterocycles. The van der Waals surface area contributed by atoms with Gasteiger partial charge in [0.15, 0.2) is 0 Å². The molecule has 0 aliphatic carbocycles. The Hall–Kier alpha value is -2.54. The van der Waals surface area contributed by atoms with Crippen LogP contribution in [-0.2, 0) is 0 Å². The summed E-state index contributed by atoms with van der Waals surface area (Å²) in [6.45, 7) is 0. The lowest BCUT2D eigenvalue weighted by Crippen LogP contribution is -2.41. The van der Waals surface area contributed by atoms with Crippen molar-refractivity contribution < 1.29 is 19.1 Å². The van der Waals surface area contributed by atoms with E-state index in [2.05, 4.69) is 26.8 Å². The first-order valence-electron chi connectivity index (χ1n) is 6.64. The third kappa shape index (κ3) is 4.01. The summed E-state index contributed by atoms with van der Waals surface area (Å²) in [4.78, 5) is 24.3. The zero-order valence-electron chi connectivity index (χ0n) is 12.6. The number of halogens is 1. The van der Waals surface area contributed by atoms with Gasteiger partial charge >= 0.3 is 0 Å². The minimum atomic E-state index is -0.537. The molecule has 0 unspecified atom stereocenters. The highest BCUT2D eigenvalue weighted by Crippen LogP contribution is 2.27. The molecular weight excluding hydrogens is 364 g/mol. The monoisotopic (exact) mass is 378 g/mol. The summed E-state index contributed by atoms with van der Waals surface area (Å²) < 4.78 is 11.2. The highest BCUT2D eigenvalue weighted by molar-refractivity contribution is 9.10. The van der Waals surface area contributed by atoms with Crippen molar-refractivity contribution in [2.24, 2.45) is 0 Å². The largest absolute Gasteiger partial charge is 0.496 e. The molecule has 2 N–H and O–H groups in total. The van der Waals surface area contributed by atoms with Crippen LogP contribution in [0, 0.1) is 0 Å². The summed E-state index contributed by atoms with van der Waals surface area (Å²) in [5, 5.41) is 0. The van der Waals surface area contributed by atoms with Gasteiger partial charge in [-0.25, -0.2) is 0 Å². The van der Waals surface area contributed by atoms with E-state index in [9.17, 15) is 9.59 Å². The Kier molecular flexibility index (Phi) is 5.59. The number of rotatable bonds is 4. The average molecular weight is 379 g/mol. The van der Waals surface area contributed by atoms with Crippen LogP contribution in [-0.4, -0.2) is 26.0 Å². The molecule has 0 spiro atoms. The smallest absolute Gasteiger partial charge is 0.277 e. The molecule has 0 aliphatic rings. The second-order valence-electron chi connectivity index (χ2n) is 4.45. The van der Waals surface area contributed by atoms with Gasteiger partial charge < -0.3 is 9.47 Å². The molecule has 6 nitrogen and oxygen atoms in total. The van der Waals surface area contributed by atoms with E-state index in [0.717, 1.165) is 4.47 Å². The Morgan fingerprint density at radius 2 is 1.39 bits per heavy atom. The van der Waals surface area contributed by atoms with Crippen LogP contribution in [0.4, 0.5) is 0 Å². The number of carbonyl (C=O) groups excluding carboxylic acids is 2. The normalized spacial score (nSPS) is 9.87. The topological polar surface area (TPSA) is 76.7 Å². The minimum absolute atomic E-state index is 0.202. The third-order valence-corrected chi connectivity index (χ3v) is 3.58. The summed E-state index contributed by atoms with van der Waals surface area (Å²) in [6, 6.07) is 11.7. The molecule has 0 bridgehead atoms. The fourth-order valence-corrected chi connectivity index (χ4v) is 2.19. The van der Waals surface area contributed by atoms with Gasteiger partial charge in [-0.15, -0.1) is 0 Å². The second-order valence-corrected chi connectivity index (χ2v) is 5.37. The maximum atomic E-state index is 12.3. The van der Waals surface area contributed by atoms with Crippen molar-refractivity contribution in [1.29, 1.82) is 0 Å². The molecule has 23 heavy (non-hydrogen) atoms. The van der Waals surface area contributed by atoms with E-state index in [-0.39, 0.29) is 5.56 Å². The number of ether oxygens (including phenoxy) is 2. The quantitative estimate of drug-likeness (QED) is 0.801. The van der Waals surface area contributed by atoms with E-state index in [4.69, 9.17) is 9.47 Å². The van der Waals surface area contributed by atoms with Crippen LogP contribution >= 0.6 is 15.9 Å². The molecule has 2 aromatic rings. The average Bonchev–Trinajstić information content (AvgIpc) is 2.59. The zero-order chi connectivity index (χ0) is 16.8. The number of nitrogens with one attached hydrogen (secondary N) is 2. The van der Waals surface area contributed by atoms with Crippen LogP contribution in [0.15, 0.2) is 46.9 Å². The fourth-order valence-electron chi connectivity index (χ4n) is 1.92. The van der Waals surface area contributed by atoms with Crippen molar-refractivity contribution in [2.75, 3.05) is 14.2 Å². The molecule has 0 fully saturated rings. The highest BCUT2D eigenvalue weighted by atomic mass is 79.9. The molecular formula is C16H15BrN2O4. The molecule has 0 saturated carbocycles. The number of methoxy groups -OCH3 is 2. The van der Waals surface area contributed by atoms with Crippen molar-refractivity contribution in [3.05, 3.63) is 58.1 Å². The van der Waals surface area contributed by atoms with E-state index in [1.807, 2.05) is 0 Å². The van der Waals surface area contributed by atoms with Gasteiger partial charge in [0.1, 0.15) is 17.1 Å². The standard InChI is InChI=1S/C16H15BrN2O4/c1-22-12-4-3-5-13(23-2)14(12)16(21)19-18-15(20)10-6-8-11(17)9-7-10/h3-9H,1-2H3,(H,18,20)(H,19,21). The van der Waals surface area contributed by atoms with Gasteiger partial charge in [-0.3, -0.25) is 20.4 Å². The third-order valence-electron chi connectivity index (χ3n) is 3.05. The van der Waals surface area contributed by atoms with E-state index in [1.54, 1.807) is 42.5 Å². The van der Waals surface area contributed by atoms with Gasteiger partial charge in [0.05, 0.1) is 14.2 Å². The van der Waals surface area contributed by atoms with Gasteiger partial charge in [-0.2, -0.15) is 0 Å². The summed E-state index contributed by atoms with van der Waals surface area (Å²) in [6.07, 6.45) is 0. The zero-order valence-corrected chi connectivity index (χ0v) is 14.1. The van der Waals surface area contributed by atoms with E-state index in [1.165, 1.54) is 14.2 Å². The number of carbonyl (C=O) groups is 2. The number of hydrazine groups is 1. The summed E-state index contributed by atoms with van der Waals surface area (Å²) in [5.41, 5.74) is 5.32. The molecule has 0 aliphatic heterocycles. The molecule has 2 amide bonds. The Morgan fingerprint density at radius 1 is 0.870 bits per heavy atom. The second kappa shape index (κ2) is 7.64. The minimum Gasteiger partial charge on any atom is -0.496 e. The summed E-state index contributed by atoms with van der Waals surface area (Å²) in [5.74, 6) is -0.274. The van der Waals surface area contributed by atoms with Gasteiger partial charge in [0, 0.05) is 10.0 Å². The van der Waals surface area contributed by atoms with Crippen molar-refractivity contribution in [3.8, 4) is 11.5 Å². The van der Waals surface area contributed by atoms with Gasteiger partial charge in [0.2, 0.25) is 0 Å². The molecule has 0 heterocycles. The van der Waals surface area contributed by atoms with Crippen molar-refractivity contribution >= 4 is 27.7 Å². The fraction of sp³-hybridized carbons (Fsp3) is 0.125. The predicted molar refractivity (Wildman–Crippen MR) is 88.6 cm³/mol. The number of amides is 2. The first-order chi connectivity index (χ1) is 11.1. The Morgan fingerprint density at radius 3 is 1.91 bits per heavy atom. The van der Waals surface area contributed by atoms with Gasteiger partial charge in [-0.1, -0.05) is 22.0 Å². The summed E-state index contributed by atoms with van der Waals surface area (Å²) in [7, 11) is 2.90. The number of hydrogen-bond acceptors (Lipinski definition) is 4. The van der Waals surface area contributed by atoms with Gasteiger partial charge in [0.25, 0.3) is 11.8 Å². The van der Waals surface area contributed by atoms with Crippen LogP contribution in [0.3, 0.4) is 0 Å². The first kappa shape index (κ1) is 16.8. The van der Waals surface area contributed by atoms with Crippen LogP contribution < -0.4 is 20.3 Å². The molecule has 7 heteroatoms. The molecule has 120 valence electrons. The molecule has 0 atom stereocenters. The summed E-state index contributed by atoms with van der Waals surface area (Å²) >= 11 is 3.29. The van der Waals surface area contributed by atoms with E-state index < -0.39 is 11.8 Å². The predicted octanol–water partition coefficient (Wildman–Crippen LogP) is 2.54. The van der Waals surface area contributed by atoms with Crippen LogP contribution in [0.25, 0.3) is 0 Å². The van der Waals surface area contributed by atoms with Crippen molar-refractivity contribution in [3.63, 3.8) is 0 Å². The SMILES string of the molecule is COc1cccc(OC)c1C(=O)NNC(=O)c1ccc(Br)cc1. The Labute approximate surface area is 141 Å². The van der Waals surface area contributed by atoms with Gasteiger partial charge in [-0.05, 0) is 36.4 Å². The Bertz CT molecular complexity index is 694. The van der Waals surface area contributed by atoms with E-state index in [0.29, 0.717) is 17.1 Å². The molecule has 2 rings (SSSR count). The van der Waals surface area contributed by atoms with Crippen molar-refractivity contribution in [2.45, 2.75) is 0 Å². The Balaban J connectivity index is 2.11. The molecule has 0 radical (unpaired) electrons. The lowest BCUT2D eigenvalue weighted by atomic mass is 10.1. The van der Waals surface area contributed by atoms with Crippen LogP contribution in [0.5, 0.6) is 11.5 Å².